The van der Waals surface area contributed by atoms with Gasteiger partial charge in [-0.3, -0.25) is 0 Å². The van der Waals surface area contributed by atoms with Crippen molar-refractivity contribution in [2.45, 2.75) is 63.0 Å². The normalized spacial score (nSPS) is 12.0. The number of hydrogen-bond donors (Lipinski definition) is 1. The second-order valence-corrected chi connectivity index (χ2v) is 9.47. The molecule has 2 aromatic carbocycles. The fourth-order valence-electron chi connectivity index (χ4n) is 2.75. The van der Waals surface area contributed by atoms with Gasteiger partial charge in [-0.15, -0.1) is 11.8 Å². The number of rotatable bonds is 3. The van der Waals surface area contributed by atoms with Crippen molar-refractivity contribution in [3.8, 4) is 11.8 Å². The number of thioether (sulfide) groups is 1. The van der Waals surface area contributed by atoms with Crippen molar-refractivity contribution in [1.82, 2.24) is 0 Å². The molecule has 1 N–H and O–H groups in total. The topological polar surface area (TPSA) is 44.0 Å². The van der Waals surface area contributed by atoms with Crippen LogP contribution in [-0.2, 0) is 16.6 Å². The standard InChI is InChI=1S/C22H27NOS/c1-21(2,3)18-11-17(12-19(20(18)24)22(4,5)6)25-14-16-10-8-7-9-15(16)13-23/h7-12,24H,14H2,1-6H3. The third-order valence-corrected chi connectivity index (χ3v) is 5.26. The molecule has 2 nitrogen and oxygen atoms in total. The summed E-state index contributed by atoms with van der Waals surface area (Å²) in [5.74, 6) is 1.14. The number of benzene rings is 2. The Morgan fingerprint density at radius 2 is 1.48 bits per heavy atom. The van der Waals surface area contributed by atoms with Gasteiger partial charge in [-0.1, -0.05) is 59.7 Å². The number of phenolic OH excluding ortho intramolecular Hbond substituents is 1. The van der Waals surface area contributed by atoms with E-state index in [2.05, 4.69) is 59.7 Å². The third kappa shape index (κ3) is 4.58. The Labute approximate surface area is 155 Å². The molecule has 25 heavy (non-hydrogen) atoms. The van der Waals surface area contributed by atoms with Crippen LogP contribution in [0.1, 0.15) is 63.8 Å². The van der Waals surface area contributed by atoms with Crippen LogP contribution in [0.15, 0.2) is 41.3 Å². The number of phenols is 1. The first-order chi connectivity index (χ1) is 11.5. The van der Waals surface area contributed by atoms with Gasteiger partial charge in [-0.05, 0) is 34.6 Å². The minimum absolute atomic E-state index is 0.134. The first-order valence-electron chi connectivity index (χ1n) is 8.53. The third-order valence-electron chi connectivity index (χ3n) is 4.23. The average Bonchev–Trinajstić information content (AvgIpc) is 2.51. The molecule has 0 amide bonds. The van der Waals surface area contributed by atoms with Crippen molar-refractivity contribution in [1.29, 1.82) is 5.26 Å². The predicted molar refractivity (Wildman–Crippen MR) is 106 cm³/mol. The molecule has 0 heterocycles. The van der Waals surface area contributed by atoms with Crippen LogP contribution in [0.4, 0.5) is 0 Å². The lowest BCUT2D eigenvalue weighted by atomic mass is 9.79. The summed E-state index contributed by atoms with van der Waals surface area (Å²) in [5.41, 5.74) is 3.43. The summed E-state index contributed by atoms with van der Waals surface area (Å²) in [4.78, 5) is 1.13. The minimum Gasteiger partial charge on any atom is -0.507 e. The van der Waals surface area contributed by atoms with Crippen molar-refractivity contribution in [2.75, 3.05) is 0 Å². The van der Waals surface area contributed by atoms with Crippen LogP contribution in [0, 0.1) is 11.3 Å². The van der Waals surface area contributed by atoms with Crippen LogP contribution in [-0.4, -0.2) is 5.11 Å². The summed E-state index contributed by atoms with van der Waals surface area (Å²) < 4.78 is 0. The molecule has 0 unspecified atom stereocenters. The van der Waals surface area contributed by atoms with Gasteiger partial charge in [0.1, 0.15) is 5.75 Å². The van der Waals surface area contributed by atoms with Gasteiger partial charge >= 0.3 is 0 Å². The van der Waals surface area contributed by atoms with Crippen LogP contribution in [0.25, 0.3) is 0 Å². The number of aromatic hydroxyl groups is 1. The summed E-state index contributed by atoms with van der Waals surface area (Å²) in [7, 11) is 0. The van der Waals surface area contributed by atoms with Crippen LogP contribution < -0.4 is 0 Å². The largest absolute Gasteiger partial charge is 0.507 e. The molecule has 2 rings (SSSR count). The lowest BCUT2D eigenvalue weighted by Crippen LogP contribution is -2.17. The van der Waals surface area contributed by atoms with Gasteiger partial charge in [0, 0.05) is 21.8 Å². The molecule has 0 atom stereocenters. The first-order valence-corrected chi connectivity index (χ1v) is 9.51. The Morgan fingerprint density at radius 3 is 1.96 bits per heavy atom. The van der Waals surface area contributed by atoms with Gasteiger partial charge in [0.25, 0.3) is 0 Å². The summed E-state index contributed by atoms with van der Waals surface area (Å²) in [6, 6.07) is 14.1. The fraction of sp³-hybridized carbons (Fsp3) is 0.409. The molecule has 3 heteroatoms. The van der Waals surface area contributed by atoms with E-state index in [9.17, 15) is 10.4 Å². The van der Waals surface area contributed by atoms with Gasteiger partial charge in [0.2, 0.25) is 0 Å². The molecular formula is C22H27NOS. The van der Waals surface area contributed by atoms with E-state index in [0.717, 1.165) is 32.9 Å². The molecule has 0 aliphatic heterocycles. The number of nitriles is 1. The molecule has 0 aliphatic rings. The maximum atomic E-state index is 10.8. The molecule has 0 aliphatic carbocycles. The van der Waals surface area contributed by atoms with Crippen LogP contribution in [0.5, 0.6) is 5.75 Å². The summed E-state index contributed by atoms with van der Waals surface area (Å²) in [6.45, 7) is 12.7. The van der Waals surface area contributed by atoms with Crippen molar-refractivity contribution >= 4 is 11.8 Å². The summed E-state index contributed by atoms with van der Waals surface area (Å²) in [5, 5.41) is 20.1. The van der Waals surface area contributed by atoms with E-state index in [1.807, 2.05) is 24.3 Å². The van der Waals surface area contributed by atoms with E-state index in [0.29, 0.717) is 5.75 Å². The van der Waals surface area contributed by atoms with Gasteiger partial charge in [0.05, 0.1) is 11.6 Å². The second-order valence-electron chi connectivity index (χ2n) is 8.42. The molecule has 0 spiro atoms. The summed E-state index contributed by atoms with van der Waals surface area (Å²) in [6.07, 6.45) is 0. The highest BCUT2D eigenvalue weighted by atomic mass is 32.2. The average molecular weight is 354 g/mol. The van der Waals surface area contributed by atoms with E-state index in [1.165, 1.54) is 0 Å². The molecule has 0 aromatic heterocycles. The molecule has 132 valence electrons. The number of nitrogens with zero attached hydrogens (tertiary/aromatic N) is 1. The van der Waals surface area contributed by atoms with Crippen LogP contribution in [0.3, 0.4) is 0 Å². The van der Waals surface area contributed by atoms with E-state index < -0.39 is 0 Å². The molecule has 0 fully saturated rings. The lowest BCUT2D eigenvalue weighted by Gasteiger charge is -2.28. The monoisotopic (exact) mass is 353 g/mol. The molecule has 0 saturated carbocycles. The van der Waals surface area contributed by atoms with Gasteiger partial charge < -0.3 is 5.11 Å². The van der Waals surface area contributed by atoms with E-state index >= 15 is 0 Å². The number of hydrogen-bond acceptors (Lipinski definition) is 3. The van der Waals surface area contributed by atoms with Crippen LogP contribution >= 0.6 is 11.8 Å². The zero-order valence-electron chi connectivity index (χ0n) is 16.0. The zero-order valence-corrected chi connectivity index (χ0v) is 16.8. The zero-order chi connectivity index (χ0) is 18.8. The Balaban J connectivity index is 2.43. The van der Waals surface area contributed by atoms with E-state index in [-0.39, 0.29) is 10.8 Å². The Morgan fingerprint density at radius 1 is 0.960 bits per heavy atom. The Hall–Kier alpha value is -1.92. The molecular weight excluding hydrogens is 326 g/mol. The van der Waals surface area contributed by atoms with E-state index in [1.54, 1.807) is 11.8 Å². The van der Waals surface area contributed by atoms with Gasteiger partial charge in [-0.25, -0.2) is 0 Å². The molecule has 0 radical (unpaired) electrons. The highest BCUT2D eigenvalue weighted by molar-refractivity contribution is 7.98. The van der Waals surface area contributed by atoms with Crippen molar-refractivity contribution in [2.24, 2.45) is 0 Å². The highest BCUT2D eigenvalue weighted by Crippen LogP contribution is 2.42. The first kappa shape index (κ1) is 19.4. The minimum atomic E-state index is -0.134. The summed E-state index contributed by atoms with van der Waals surface area (Å²) >= 11 is 1.71. The highest BCUT2D eigenvalue weighted by Gasteiger charge is 2.26. The maximum absolute atomic E-state index is 10.8. The smallest absolute Gasteiger partial charge is 0.123 e. The van der Waals surface area contributed by atoms with Crippen molar-refractivity contribution in [3.05, 3.63) is 58.7 Å². The van der Waals surface area contributed by atoms with E-state index in [4.69, 9.17) is 0 Å². The van der Waals surface area contributed by atoms with Gasteiger partial charge in [-0.2, -0.15) is 5.26 Å². The molecule has 2 aromatic rings. The van der Waals surface area contributed by atoms with Crippen molar-refractivity contribution in [3.63, 3.8) is 0 Å². The predicted octanol–water partition coefficient (Wildman–Crippen LogP) is 6.15. The van der Waals surface area contributed by atoms with Crippen LogP contribution in [0.2, 0.25) is 0 Å². The SMILES string of the molecule is CC(C)(C)c1cc(SCc2ccccc2C#N)cc(C(C)(C)C)c1O. The Bertz CT molecular complexity index is 769. The van der Waals surface area contributed by atoms with Gasteiger partial charge in [0.15, 0.2) is 0 Å². The fourth-order valence-corrected chi connectivity index (χ4v) is 3.73. The maximum Gasteiger partial charge on any atom is 0.123 e. The van der Waals surface area contributed by atoms with Crippen molar-refractivity contribution < 1.29 is 5.11 Å². The lowest BCUT2D eigenvalue weighted by molar-refractivity contribution is 0.422. The molecule has 0 saturated heterocycles. The Kier molecular flexibility index (Phi) is 5.54. The second kappa shape index (κ2) is 7.14. The molecule has 0 bridgehead atoms. The quantitative estimate of drug-likeness (QED) is 0.673.